The summed E-state index contributed by atoms with van der Waals surface area (Å²) in [5.41, 5.74) is 6.93. The second kappa shape index (κ2) is 8.39. The van der Waals surface area contributed by atoms with Gasteiger partial charge in [-0.3, -0.25) is 9.59 Å². The summed E-state index contributed by atoms with van der Waals surface area (Å²) in [5, 5.41) is 3.55. The zero-order chi connectivity index (χ0) is 19.6. The molecule has 2 heterocycles. The zero-order valence-electron chi connectivity index (χ0n) is 15.9. The number of piperidine rings is 1. The number of carbonyl (C=O) groups is 3. The highest BCUT2D eigenvalue weighted by Gasteiger charge is 2.30. The minimum atomic E-state index is -0.382. The highest BCUT2D eigenvalue weighted by molar-refractivity contribution is 7.17. The topological polar surface area (TPSA) is 103 Å². The molecule has 0 bridgehead atoms. The van der Waals surface area contributed by atoms with Crippen LogP contribution in [0.1, 0.15) is 47.0 Å². The molecule has 8 heteroatoms. The van der Waals surface area contributed by atoms with Crippen molar-refractivity contribution in [3.8, 4) is 0 Å². The zero-order valence-corrected chi connectivity index (χ0v) is 16.7. The molecule has 7 nitrogen and oxygen atoms in total. The van der Waals surface area contributed by atoms with Crippen molar-refractivity contribution in [3.05, 3.63) is 16.0 Å². The van der Waals surface area contributed by atoms with Crippen LogP contribution < -0.4 is 16.0 Å². The molecule has 1 fully saturated rings. The average Bonchev–Trinajstić information content (AvgIpc) is 2.98. The minimum absolute atomic E-state index is 0.0752. The number of carbonyl (C=O) groups excluding carboxylic acids is 3. The maximum atomic E-state index is 12.6. The van der Waals surface area contributed by atoms with Crippen LogP contribution in [0.25, 0.3) is 0 Å². The number of primary amides is 1. The van der Waals surface area contributed by atoms with Crippen LogP contribution in [0.3, 0.4) is 0 Å². The van der Waals surface area contributed by atoms with Gasteiger partial charge in [0.1, 0.15) is 5.00 Å². The van der Waals surface area contributed by atoms with Gasteiger partial charge in [-0.2, -0.15) is 0 Å². The predicted molar refractivity (Wildman–Crippen MR) is 103 cm³/mol. The number of likely N-dealkylation sites (tertiary alicyclic amines) is 1. The minimum Gasteiger partial charge on any atom is -0.465 e. The molecule has 0 spiro atoms. The van der Waals surface area contributed by atoms with Crippen molar-refractivity contribution in [1.29, 1.82) is 0 Å². The van der Waals surface area contributed by atoms with Crippen molar-refractivity contribution in [2.75, 3.05) is 32.1 Å². The largest absolute Gasteiger partial charge is 0.465 e. The summed E-state index contributed by atoms with van der Waals surface area (Å²) in [7, 11) is 1.37. The van der Waals surface area contributed by atoms with Gasteiger partial charge in [0.05, 0.1) is 25.8 Å². The highest BCUT2D eigenvalue weighted by Crippen LogP contribution is 2.39. The number of hydrogen-bond donors (Lipinski definition) is 3. The van der Waals surface area contributed by atoms with Gasteiger partial charge in [-0.05, 0) is 30.7 Å². The Morgan fingerprint density at radius 3 is 2.59 bits per heavy atom. The Hall–Kier alpha value is -1.93. The molecule has 1 aliphatic heterocycles. The summed E-state index contributed by atoms with van der Waals surface area (Å²) in [6, 6.07) is 0. The average molecular weight is 395 g/mol. The number of ether oxygens (including phenoxy) is 1. The van der Waals surface area contributed by atoms with E-state index in [2.05, 4.69) is 12.2 Å². The molecule has 0 radical (unpaired) electrons. The van der Waals surface area contributed by atoms with Crippen LogP contribution in [-0.2, 0) is 27.2 Å². The third-order valence-corrected chi connectivity index (χ3v) is 6.83. The number of nitrogens with two attached hydrogens (primary N) is 1. The third-order valence-electron chi connectivity index (χ3n) is 5.66. The van der Waals surface area contributed by atoms with E-state index in [4.69, 9.17) is 10.5 Å². The molecule has 1 saturated heterocycles. The first-order chi connectivity index (χ1) is 12.9. The fourth-order valence-corrected chi connectivity index (χ4v) is 5.46. The summed E-state index contributed by atoms with van der Waals surface area (Å²) in [5.74, 6) is -0.235. The van der Waals surface area contributed by atoms with Gasteiger partial charge in [0.2, 0.25) is 5.91 Å². The van der Waals surface area contributed by atoms with E-state index in [0.29, 0.717) is 23.0 Å². The van der Waals surface area contributed by atoms with Crippen LogP contribution in [0.2, 0.25) is 0 Å². The second-order valence-electron chi connectivity index (χ2n) is 7.70. The van der Waals surface area contributed by atoms with E-state index in [1.165, 1.54) is 23.3 Å². The van der Waals surface area contributed by atoms with Gasteiger partial charge in [-0.15, -0.1) is 11.3 Å². The molecular weight excluding hydrogens is 366 g/mol. The lowest BCUT2D eigenvalue weighted by Gasteiger charge is -2.27. The molecule has 0 unspecified atom stereocenters. The molecule has 3 rings (SSSR count). The maximum absolute atomic E-state index is 12.6. The number of methoxy groups -OCH3 is 1. The van der Waals surface area contributed by atoms with E-state index in [0.717, 1.165) is 55.7 Å². The summed E-state index contributed by atoms with van der Waals surface area (Å²) in [4.78, 5) is 38.5. The molecular formula is C19H28N3O4S+. The molecule has 4 N–H and O–H groups in total. The lowest BCUT2D eigenvalue weighted by Crippen LogP contribution is -3.14. The third kappa shape index (κ3) is 4.50. The van der Waals surface area contributed by atoms with Crippen LogP contribution in [0, 0.1) is 11.8 Å². The second-order valence-corrected chi connectivity index (χ2v) is 8.80. The summed E-state index contributed by atoms with van der Waals surface area (Å²) in [6.45, 7) is 4.04. The Balaban J connectivity index is 1.67. The molecule has 0 saturated carbocycles. The number of hydrogen-bond acceptors (Lipinski definition) is 5. The van der Waals surface area contributed by atoms with Crippen molar-refractivity contribution in [1.82, 2.24) is 0 Å². The van der Waals surface area contributed by atoms with Crippen molar-refractivity contribution in [2.45, 2.75) is 39.0 Å². The first-order valence-electron chi connectivity index (χ1n) is 9.54. The molecule has 1 aromatic heterocycles. The summed E-state index contributed by atoms with van der Waals surface area (Å²) in [6.07, 6.45) is 4.26. The molecule has 2 amide bonds. The summed E-state index contributed by atoms with van der Waals surface area (Å²) >= 11 is 1.50. The van der Waals surface area contributed by atoms with E-state index in [9.17, 15) is 14.4 Å². The summed E-state index contributed by atoms with van der Waals surface area (Å²) < 4.78 is 4.96. The van der Waals surface area contributed by atoms with Gasteiger partial charge in [-0.25, -0.2) is 4.79 Å². The van der Waals surface area contributed by atoms with E-state index in [1.807, 2.05) is 0 Å². The fourth-order valence-electron chi connectivity index (χ4n) is 4.04. The van der Waals surface area contributed by atoms with Crippen LogP contribution in [0.4, 0.5) is 5.00 Å². The first-order valence-corrected chi connectivity index (χ1v) is 10.4. The molecule has 1 atom stereocenters. The first kappa shape index (κ1) is 19.8. The lowest BCUT2D eigenvalue weighted by atomic mass is 9.88. The van der Waals surface area contributed by atoms with Crippen LogP contribution in [0.15, 0.2) is 0 Å². The standard InChI is InChI=1S/C19H27N3O4S/c1-11-3-4-13-14(9-11)27-18(16(13)19(25)26-2)21-15(23)10-22-7-5-12(6-8-22)17(20)24/h11-12H,3-10H2,1-2H3,(H2,20,24)(H,21,23)/p+1/t11-/m0/s1. The molecule has 0 aromatic carbocycles. The van der Waals surface area contributed by atoms with Gasteiger partial charge in [0.15, 0.2) is 6.54 Å². The van der Waals surface area contributed by atoms with Gasteiger partial charge in [0.25, 0.3) is 5.91 Å². The monoisotopic (exact) mass is 394 g/mol. The van der Waals surface area contributed by atoms with Gasteiger partial charge < -0.3 is 20.7 Å². The quantitative estimate of drug-likeness (QED) is 0.628. The molecule has 27 heavy (non-hydrogen) atoms. The number of fused-ring (bicyclic) bond motifs is 1. The van der Waals surface area contributed by atoms with Gasteiger partial charge >= 0.3 is 5.97 Å². The van der Waals surface area contributed by atoms with Crippen molar-refractivity contribution >= 4 is 34.1 Å². The van der Waals surface area contributed by atoms with Crippen LogP contribution >= 0.6 is 11.3 Å². The smallest absolute Gasteiger partial charge is 0.341 e. The number of amides is 2. The van der Waals surface area contributed by atoms with E-state index in [-0.39, 0.29) is 23.7 Å². The molecule has 2 aliphatic rings. The Bertz CT molecular complexity index is 738. The van der Waals surface area contributed by atoms with Crippen LogP contribution in [-0.4, -0.2) is 44.5 Å². The number of rotatable bonds is 5. The molecule has 1 aliphatic carbocycles. The maximum Gasteiger partial charge on any atom is 0.341 e. The van der Waals surface area contributed by atoms with Crippen molar-refractivity contribution in [3.63, 3.8) is 0 Å². The Morgan fingerprint density at radius 1 is 1.26 bits per heavy atom. The van der Waals surface area contributed by atoms with Gasteiger partial charge in [-0.1, -0.05) is 6.92 Å². The Kier molecular flexibility index (Phi) is 6.16. The van der Waals surface area contributed by atoms with E-state index < -0.39 is 0 Å². The number of anilines is 1. The number of esters is 1. The molecule has 148 valence electrons. The number of nitrogens with one attached hydrogen (secondary N) is 2. The van der Waals surface area contributed by atoms with Crippen LogP contribution in [0.5, 0.6) is 0 Å². The van der Waals surface area contributed by atoms with E-state index in [1.54, 1.807) is 0 Å². The van der Waals surface area contributed by atoms with E-state index >= 15 is 0 Å². The number of quaternary nitrogens is 1. The highest BCUT2D eigenvalue weighted by atomic mass is 32.1. The lowest BCUT2D eigenvalue weighted by molar-refractivity contribution is -0.897. The SMILES string of the molecule is COC(=O)c1c(NC(=O)C[NH+]2CCC(C(N)=O)CC2)sc2c1CC[C@H](C)C2. The van der Waals surface area contributed by atoms with Crippen molar-refractivity contribution in [2.24, 2.45) is 17.6 Å². The Morgan fingerprint density at radius 2 is 1.96 bits per heavy atom. The molecule has 1 aromatic rings. The number of thiophene rings is 1. The fraction of sp³-hybridized carbons (Fsp3) is 0.632. The Labute approximate surface area is 163 Å². The predicted octanol–water partition coefficient (Wildman–Crippen LogP) is 0.378. The van der Waals surface area contributed by atoms with Gasteiger partial charge in [0, 0.05) is 23.6 Å². The normalized spacial score (nSPS) is 24.7. The van der Waals surface area contributed by atoms with Crippen molar-refractivity contribution < 1.29 is 24.0 Å².